The van der Waals surface area contributed by atoms with Crippen LogP contribution < -0.4 is 18.9 Å². The first-order valence-electron chi connectivity index (χ1n) is 10.8. The molecule has 0 bridgehead atoms. The molecule has 0 saturated heterocycles. The molecule has 0 radical (unpaired) electrons. The molecule has 0 unspecified atom stereocenters. The van der Waals surface area contributed by atoms with E-state index in [0.29, 0.717) is 35.6 Å². The first kappa shape index (κ1) is 19.9. The summed E-state index contributed by atoms with van der Waals surface area (Å²) < 4.78 is 23.1. The van der Waals surface area contributed by atoms with Crippen LogP contribution in [0, 0.1) is 6.92 Å². The van der Waals surface area contributed by atoms with E-state index in [1.807, 2.05) is 31.2 Å². The van der Waals surface area contributed by atoms with E-state index < -0.39 is 0 Å². The van der Waals surface area contributed by atoms with Gasteiger partial charge in [-0.05, 0) is 55.7 Å². The summed E-state index contributed by atoms with van der Waals surface area (Å²) in [6, 6.07) is 7.98. The normalized spacial score (nSPS) is 19.7. The van der Waals surface area contributed by atoms with Crippen molar-refractivity contribution in [2.24, 2.45) is 0 Å². The average Bonchev–Trinajstić information content (AvgIpc) is 3.43. The number of methoxy groups -OCH3 is 2. The third-order valence-corrected chi connectivity index (χ3v) is 6.52. The fourth-order valence-corrected chi connectivity index (χ4v) is 4.84. The molecule has 162 valence electrons. The van der Waals surface area contributed by atoms with Crippen LogP contribution in [0.2, 0.25) is 0 Å². The van der Waals surface area contributed by atoms with E-state index in [1.54, 1.807) is 20.3 Å². The predicted molar refractivity (Wildman–Crippen MR) is 117 cm³/mol. The van der Waals surface area contributed by atoms with Gasteiger partial charge in [0, 0.05) is 18.2 Å². The summed E-state index contributed by atoms with van der Waals surface area (Å²) in [4.78, 5) is 15.6. The molecule has 1 aliphatic carbocycles. The molecule has 6 nitrogen and oxygen atoms in total. The number of benzene rings is 2. The van der Waals surface area contributed by atoms with Gasteiger partial charge in [0.25, 0.3) is 0 Å². The van der Waals surface area contributed by atoms with Crippen LogP contribution in [0.25, 0.3) is 6.08 Å². The first-order valence-corrected chi connectivity index (χ1v) is 10.8. The molecule has 1 saturated carbocycles. The van der Waals surface area contributed by atoms with E-state index >= 15 is 0 Å². The van der Waals surface area contributed by atoms with Gasteiger partial charge in [0.05, 0.1) is 25.3 Å². The largest absolute Gasteiger partial charge is 0.497 e. The molecule has 0 aromatic heterocycles. The number of allylic oxidation sites excluding steroid dienone is 1. The van der Waals surface area contributed by atoms with Gasteiger partial charge >= 0.3 is 0 Å². The molecule has 0 spiro atoms. The quantitative estimate of drug-likeness (QED) is 0.666. The van der Waals surface area contributed by atoms with E-state index in [0.717, 1.165) is 29.0 Å². The second-order valence-electron chi connectivity index (χ2n) is 8.38. The van der Waals surface area contributed by atoms with Crippen LogP contribution in [0.1, 0.15) is 52.7 Å². The van der Waals surface area contributed by atoms with Gasteiger partial charge < -0.3 is 18.9 Å². The molecule has 0 N–H and O–H groups in total. The summed E-state index contributed by atoms with van der Waals surface area (Å²) in [6.45, 7) is 3.27. The highest BCUT2D eigenvalue weighted by Gasteiger charge is 2.37. The minimum absolute atomic E-state index is 0.113. The Balaban J connectivity index is 1.52. The number of carbonyl (C=O) groups excluding carboxylic acids is 1. The lowest BCUT2D eigenvalue weighted by Crippen LogP contribution is -2.39. The number of ether oxygens (including phenoxy) is 4. The minimum atomic E-state index is -0.113. The lowest BCUT2D eigenvalue weighted by Gasteiger charge is -2.34. The fraction of sp³-hybridized carbons (Fsp3) is 0.400. The second-order valence-corrected chi connectivity index (χ2v) is 8.38. The van der Waals surface area contributed by atoms with Gasteiger partial charge in [0.2, 0.25) is 5.78 Å². The highest BCUT2D eigenvalue weighted by Crippen LogP contribution is 2.45. The van der Waals surface area contributed by atoms with E-state index in [4.69, 9.17) is 18.9 Å². The zero-order chi connectivity index (χ0) is 21.5. The molecule has 2 aromatic carbocycles. The molecular weight excluding hydrogens is 394 g/mol. The van der Waals surface area contributed by atoms with Gasteiger partial charge in [0.1, 0.15) is 29.7 Å². The molecule has 1 fully saturated rings. The van der Waals surface area contributed by atoms with Crippen LogP contribution in [0.4, 0.5) is 0 Å². The van der Waals surface area contributed by atoms with E-state index in [2.05, 4.69) is 4.90 Å². The van der Waals surface area contributed by atoms with Gasteiger partial charge in [-0.2, -0.15) is 0 Å². The zero-order valence-corrected chi connectivity index (χ0v) is 18.2. The monoisotopic (exact) mass is 421 g/mol. The molecule has 3 aliphatic rings. The maximum atomic E-state index is 13.3. The van der Waals surface area contributed by atoms with Crippen LogP contribution >= 0.6 is 0 Å². The number of hydrogen-bond acceptors (Lipinski definition) is 6. The molecule has 31 heavy (non-hydrogen) atoms. The van der Waals surface area contributed by atoms with E-state index in [-0.39, 0.29) is 11.5 Å². The van der Waals surface area contributed by atoms with Gasteiger partial charge in [0.15, 0.2) is 5.76 Å². The molecule has 2 heterocycles. The Bertz CT molecular complexity index is 1070. The fourth-order valence-electron chi connectivity index (χ4n) is 4.84. The summed E-state index contributed by atoms with van der Waals surface area (Å²) in [5.41, 5.74) is 3.19. The number of Topliss-reactive ketones (excluding diaryl/α,β-unsaturated/α-hetero) is 1. The van der Waals surface area contributed by atoms with Gasteiger partial charge in [-0.1, -0.05) is 12.8 Å². The van der Waals surface area contributed by atoms with Crippen LogP contribution in [-0.4, -0.2) is 37.7 Å². The van der Waals surface area contributed by atoms with Crippen molar-refractivity contribution >= 4 is 11.9 Å². The number of nitrogens with zero attached hydrogens (tertiary/aromatic N) is 1. The topological polar surface area (TPSA) is 57.2 Å². The Hall–Kier alpha value is -2.99. The van der Waals surface area contributed by atoms with E-state index in [1.165, 1.54) is 25.7 Å². The number of rotatable bonds is 4. The molecule has 0 amide bonds. The van der Waals surface area contributed by atoms with Gasteiger partial charge in [-0.3, -0.25) is 9.69 Å². The Labute approximate surface area is 182 Å². The van der Waals surface area contributed by atoms with Crippen molar-refractivity contribution in [2.75, 3.05) is 21.0 Å². The molecule has 5 rings (SSSR count). The van der Waals surface area contributed by atoms with Crippen molar-refractivity contribution in [3.63, 3.8) is 0 Å². The second kappa shape index (κ2) is 7.93. The first-order chi connectivity index (χ1) is 15.1. The number of fused-ring (bicyclic) bond motifs is 3. The average molecular weight is 421 g/mol. The third-order valence-electron chi connectivity index (χ3n) is 6.52. The molecule has 2 aliphatic heterocycles. The van der Waals surface area contributed by atoms with Crippen molar-refractivity contribution in [3.8, 4) is 23.0 Å². The number of hydrogen-bond donors (Lipinski definition) is 0. The predicted octanol–water partition coefficient (Wildman–Crippen LogP) is 4.72. The SMILES string of the molecule is COc1ccc(OC)c(/C=C2\Oc3c4c(cc(C)c3C2=O)OCN(C2CCCC2)C4)c1. The number of carbonyl (C=O) groups is 1. The molecule has 0 atom stereocenters. The zero-order valence-electron chi connectivity index (χ0n) is 18.2. The lowest BCUT2D eigenvalue weighted by atomic mass is 9.98. The summed E-state index contributed by atoms with van der Waals surface area (Å²) >= 11 is 0. The summed E-state index contributed by atoms with van der Waals surface area (Å²) in [5.74, 6) is 2.96. The van der Waals surface area contributed by atoms with Crippen LogP contribution in [0.15, 0.2) is 30.0 Å². The number of ketones is 1. The standard InChI is InChI=1S/C25H27NO5/c1-15-10-21-19(13-26(14-30-21)17-6-4-5-7-17)25-23(15)24(27)22(31-25)12-16-11-18(28-2)8-9-20(16)29-3/h8-12,17H,4-7,13-14H2,1-3H3/b22-12-. The minimum Gasteiger partial charge on any atom is -0.497 e. The smallest absolute Gasteiger partial charge is 0.232 e. The summed E-state index contributed by atoms with van der Waals surface area (Å²) in [6.07, 6.45) is 6.67. The van der Waals surface area contributed by atoms with Crippen LogP contribution in [-0.2, 0) is 6.54 Å². The van der Waals surface area contributed by atoms with Crippen molar-refractivity contribution in [3.05, 3.63) is 52.3 Å². The highest BCUT2D eigenvalue weighted by atomic mass is 16.5. The molecular formula is C25H27NO5. The highest BCUT2D eigenvalue weighted by molar-refractivity contribution is 6.16. The Kier molecular flexibility index (Phi) is 5.10. The Morgan fingerprint density at radius 2 is 1.94 bits per heavy atom. The summed E-state index contributed by atoms with van der Waals surface area (Å²) in [5, 5.41) is 0. The maximum absolute atomic E-state index is 13.3. The molecule has 6 heteroatoms. The van der Waals surface area contributed by atoms with Gasteiger partial charge in [-0.15, -0.1) is 0 Å². The van der Waals surface area contributed by atoms with Crippen molar-refractivity contribution in [1.29, 1.82) is 0 Å². The van der Waals surface area contributed by atoms with Crippen molar-refractivity contribution in [1.82, 2.24) is 4.90 Å². The van der Waals surface area contributed by atoms with Crippen LogP contribution in [0.3, 0.4) is 0 Å². The summed E-state index contributed by atoms with van der Waals surface area (Å²) in [7, 11) is 3.21. The molecule has 2 aromatic rings. The van der Waals surface area contributed by atoms with Crippen molar-refractivity contribution in [2.45, 2.75) is 45.2 Å². The maximum Gasteiger partial charge on any atom is 0.232 e. The third kappa shape index (κ3) is 3.45. The van der Waals surface area contributed by atoms with Gasteiger partial charge in [-0.25, -0.2) is 0 Å². The lowest BCUT2D eigenvalue weighted by molar-refractivity contribution is 0.0567. The van der Waals surface area contributed by atoms with Crippen molar-refractivity contribution < 1.29 is 23.7 Å². The Morgan fingerprint density at radius 3 is 2.68 bits per heavy atom. The number of aryl methyl sites for hydroxylation is 1. The van der Waals surface area contributed by atoms with Crippen LogP contribution in [0.5, 0.6) is 23.0 Å². The Morgan fingerprint density at radius 1 is 1.13 bits per heavy atom. The van der Waals surface area contributed by atoms with E-state index in [9.17, 15) is 4.79 Å².